The third kappa shape index (κ3) is 5.14. The molecule has 0 unspecified atom stereocenters. The predicted octanol–water partition coefficient (Wildman–Crippen LogP) is 2.70. The van der Waals surface area contributed by atoms with Crippen molar-refractivity contribution in [2.24, 2.45) is 0 Å². The zero-order chi connectivity index (χ0) is 22.6. The monoisotopic (exact) mass is 453 g/mol. The van der Waals surface area contributed by atoms with Gasteiger partial charge in [-0.1, -0.05) is 6.07 Å². The third-order valence-corrected chi connectivity index (χ3v) is 6.95. The number of imidazole rings is 1. The van der Waals surface area contributed by atoms with Gasteiger partial charge < -0.3 is 15.2 Å². The molecule has 0 saturated carbocycles. The van der Waals surface area contributed by atoms with Crippen molar-refractivity contribution in [1.29, 1.82) is 0 Å². The van der Waals surface area contributed by atoms with E-state index in [1.54, 1.807) is 67.3 Å². The Bertz CT molecular complexity index is 1210. The molecule has 1 aromatic heterocycles. The third-order valence-electron chi connectivity index (χ3n) is 5.08. The Morgan fingerprint density at radius 3 is 2.53 bits per heavy atom. The highest BCUT2D eigenvalue weighted by molar-refractivity contribution is 7.93. The van der Waals surface area contributed by atoms with Crippen molar-refractivity contribution in [2.75, 3.05) is 27.2 Å². The summed E-state index contributed by atoms with van der Waals surface area (Å²) >= 11 is 0. The molecule has 2 amide bonds. The van der Waals surface area contributed by atoms with Gasteiger partial charge in [0.25, 0.3) is 5.91 Å². The molecule has 3 aromatic rings. The number of benzene rings is 2. The molecule has 2 N–H and O–H groups in total. The van der Waals surface area contributed by atoms with Gasteiger partial charge in [-0.3, -0.25) is 13.9 Å². The largest absolute Gasteiger partial charge is 0.337 e. The van der Waals surface area contributed by atoms with Gasteiger partial charge in [-0.15, -0.1) is 0 Å². The second-order valence-electron chi connectivity index (χ2n) is 7.42. The van der Waals surface area contributed by atoms with Crippen LogP contribution in [-0.4, -0.2) is 42.1 Å². The lowest BCUT2D eigenvalue weighted by Gasteiger charge is -2.17. The average Bonchev–Trinajstić information content (AvgIpc) is 3.42. The SMILES string of the molecule is O=C(CCn1ccnc1)Nc1cccc(C(=O)Nc2ccc(N3CCCS3(=O)=O)cc2)c1. The minimum absolute atomic E-state index is 0.155. The van der Waals surface area contributed by atoms with E-state index in [1.165, 1.54) is 4.31 Å². The molecular weight excluding hydrogens is 430 g/mol. The molecule has 0 radical (unpaired) electrons. The lowest BCUT2D eigenvalue weighted by molar-refractivity contribution is -0.116. The Labute approximate surface area is 186 Å². The first-order chi connectivity index (χ1) is 15.4. The highest BCUT2D eigenvalue weighted by Gasteiger charge is 2.28. The van der Waals surface area contributed by atoms with Gasteiger partial charge in [0.2, 0.25) is 15.9 Å². The fraction of sp³-hybridized carbons (Fsp3) is 0.227. The summed E-state index contributed by atoms with van der Waals surface area (Å²) in [7, 11) is -3.24. The second kappa shape index (κ2) is 9.23. The van der Waals surface area contributed by atoms with Gasteiger partial charge in [-0.25, -0.2) is 13.4 Å². The van der Waals surface area contributed by atoms with E-state index in [9.17, 15) is 18.0 Å². The number of nitrogens with one attached hydrogen (secondary N) is 2. The summed E-state index contributed by atoms with van der Waals surface area (Å²) in [6, 6.07) is 13.4. The number of carbonyl (C=O) groups is 2. The molecule has 0 bridgehead atoms. The van der Waals surface area contributed by atoms with E-state index in [4.69, 9.17) is 0 Å². The maximum absolute atomic E-state index is 12.6. The van der Waals surface area contributed by atoms with E-state index < -0.39 is 10.0 Å². The van der Waals surface area contributed by atoms with Gasteiger partial charge in [0.1, 0.15) is 0 Å². The van der Waals surface area contributed by atoms with Crippen LogP contribution in [0.1, 0.15) is 23.2 Å². The Hall–Kier alpha value is -3.66. The minimum Gasteiger partial charge on any atom is -0.337 e. The molecule has 2 aromatic carbocycles. The number of hydrogen-bond acceptors (Lipinski definition) is 5. The maximum atomic E-state index is 12.6. The molecule has 10 heteroatoms. The fourth-order valence-electron chi connectivity index (χ4n) is 3.46. The smallest absolute Gasteiger partial charge is 0.255 e. The van der Waals surface area contributed by atoms with Crippen LogP contribution in [0, 0.1) is 0 Å². The topological polar surface area (TPSA) is 113 Å². The average molecular weight is 454 g/mol. The van der Waals surface area contributed by atoms with Gasteiger partial charge in [0.05, 0.1) is 17.8 Å². The molecule has 9 nitrogen and oxygen atoms in total. The fourth-order valence-corrected chi connectivity index (χ4v) is 5.02. The van der Waals surface area contributed by atoms with Crippen molar-refractivity contribution in [3.8, 4) is 0 Å². The number of carbonyl (C=O) groups excluding carboxylic acids is 2. The van der Waals surface area contributed by atoms with Crippen LogP contribution in [0.3, 0.4) is 0 Å². The molecule has 1 fully saturated rings. The molecular formula is C22H23N5O4S. The number of amides is 2. The predicted molar refractivity (Wildman–Crippen MR) is 122 cm³/mol. The van der Waals surface area contributed by atoms with E-state index in [0.29, 0.717) is 42.1 Å². The molecule has 0 atom stereocenters. The van der Waals surface area contributed by atoms with E-state index in [-0.39, 0.29) is 24.0 Å². The van der Waals surface area contributed by atoms with Crippen LogP contribution in [0.25, 0.3) is 0 Å². The lowest BCUT2D eigenvalue weighted by Crippen LogP contribution is -2.25. The summed E-state index contributed by atoms with van der Waals surface area (Å²) in [5.74, 6) is -0.341. The maximum Gasteiger partial charge on any atom is 0.255 e. The van der Waals surface area contributed by atoms with Gasteiger partial charge >= 0.3 is 0 Å². The summed E-state index contributed by atoms with van der Waals surface area (Å²) in [5, 5.41) is 5.59. The zero-order valence-corrected chi connectivity index (χ0v) is 18.1. The summed E-state index contributed by atoms with van der Waals surface area (Å²) in [5.41, 5.74) is 2.05. The summed E-state index contributed by atoms with van der Waals surface area (Å²) in [6.07, 6.45) is 5.98. The molecule has 0 spiro atoms. The summed E-state index contributed by atoms with van der Waals surface area (Å²) < 4.78 is 27.3. The second-order valence-corrected chi connectivity index (χ2v) is 9.44. The first kappa shape index (κ1) is 21.6. The van der Waals surface area contributed by atoms with Crippen molar-refractivity contribution in [3.05, 3.63) is 72.8 Å². The van der Waals surface area contributed by atoms with Crippen LogP contribution in [-0.2, 0) is 21.4 Å². The molecule has 1 aliphatic heterocycles. The number of nitrogens with zero attached hydrogens (tertiary/aromatic N) is 3. The molecule has 32 heavy (non-hydrogen) atoms. The van der Waals surface area contributed by atoms with Crippen LogP contribution in [0.2, 0.25) is 0 Å². The Balaban J connectivity index is 1.35. The Morgan fingerprint density at radius 2 is 1.84 bits per heavy atom. The van der Waals surface area contributed by atoms with E-state index in [2.05, 4.69) is 15.6 Å². The van der Waals surface area contributed by atoms with Crippen molar-refractivity contribution in [3.63, 3.8) is 0 Å². The number of aromatic nitrogens is 2. The van der Waals surface area contributed by atoms with E-state index >= 15 is 0 Å². The summed E-state index contributed by atoms with van der Waals surface area (Å²) in [6.45, 7) is 0.982. The minimum atomic E-state index is -3.24. The number of hydrogen-bond donors (Lipinski definition) is 2. The van der Waals surface area contributed by atoms with Crippen molar-refractivity contribution >= 4 is 38.9 Å². The molecule has 1 saturated heterocycles. The van der Waals surface area contributed by atoms with Crippen molar-refractivity contribution < 1.29 is 18.0 Å². The molecule has 1 aliphatic rings. The Morgan fingerprint density at radius 1 is 1.03 bits per heavy atom. The van der Waals surface area contributed by atoms with Gasteiger partial charge in [-0.05, 0) is 48.9 Å². The summed E-state index contributed by atoms with van der Waals surface area (Å²) in [4.78, 5) is 28.7. The quantitative estimate of drug-likeness (QED) is 0.571. The number of aryl methyl sites for hydroxylation is 1. The van der Waals surface area contributed by atoms with Crippen LogP contribution < -0.4 is 14.9 Å². The van der Waals surface area contributed by atoms with E-state index in [1.807, 2.05) is 4.57 Å². The molecule has 2 heterocycles. The van der Waals surface area contributed by atoms with Crippen LogP contribution in [0.5, 0.6) is 0 Å². The molecule has 0 aliphatic carbocycles. The zero-order valence-electron chi connectivity index (χ0n) is 17.3. The molecule has 166 valence electrons. The number of sulfonamides is 1. The first-order valence-electron chi connectivity index (χ1n) is 10.2. The van der Waals surface area contributed by atoms with Gasteiger partial charge in [-0.2, -0.15) is 0 Å². The normalized spacial score (nSPS) is 14.8. The number of anilines is 3. The van der Waals surface area contributed by atoms with Gasteiger partial charge in [0, 0.05) is 48.8 Å². The van der Waals surface area contributed by atoms with Gasteiger partial charge in [0.15, 0.2) is 0 Å². The first-order valence-corrected chi connectivity index (χ1v) is 11.8. The van der Waals surface area contributed by atoms with Crippen molar-refractivity contribution in [2.45, 2.75) is 19.4 Å². The van der Waals surface area contributed by atoms with E-state index in [0.717, 1.165) is 0 Å². The van der Waals surface area contributed by atoms with Crippen LogP contribution in [0.15, 0.2) is 67.3 Å². The van der Waals surface area contributed by atoms with Crippen molar-refractivity contribution in [1.82, 2.24) is 9.55 Å². The molecule has 4 rings (SSSR count). The van der Waals surface area contributed by atoms with Crippen LogP contribution >= 0.6 is 0 Å². The Kier molecular flexibility index (Phi) is 6.22. The highest BCUT2D eigenvalue weighted by Crippen LogP contribution is 2.25. The van der Waals surface area contributed by atoms with Crippen LogP contribution in [0.4, 0.5) is 17.1 Å². The number of rotatable bonds is 7. The highest BCUT2D eigenvalue weighted by atomic mass is 32.2. The lowest BCUT2D eigenvalue weighted by atomic mass is 10.1. The standard InChI is InChI=1S/C22H23N5O4S/c28-21(9-12-26-13-10-23-16-26)24-19-4-1-3-17(15-19)22(29)25-18-5-7-20(8-6-18)27-11-2-14-32(27,30)31/h1,3-8,10,13,15-16H,2,9,11-12,14H2,(H,24,28)(H,25,29).